The fraction of sp³-hybridized carbons (Fsp3) is 0.806. The van der Waals surface area contributed by atoms with E-state index >= 15 is 4.39 Å². The number of unbranched alkanes of at least 4 members (excludes halogenated alkanes) is 2. The van der Waals surface area contributed by atoms with Crippen LogP contribution in [0.25, 0.3) is 0 Å². The Labute approximate surface area is 198 Å². The minimum atomic E-state index is 0.0944. The molecule has 0 atom stereocenters. The maximum atomic E-state index is 15.2. The zero-order valence-electron chi connectivity index (χ0n) is 21.1. The van der Waals surface area contributed by atoms with Gasteiger partial charge in [-0.3, -0.25) is 0 Å². The van der Waals surface area contributed by atoms with E-state index in [1.807, 2.05) is 6.07 Å². The molecule has 3 fully saturated rings. The monoisotopic (exact) mass is 440 g/mol. The number of halogens is 1. The molecule has 0 aliphatic heterocycles. The molecule has 0 spiro atoms. The summed E-state index contributed by atoms with van der Waals surface area (Å²) < 4.78 is 15.2. The van der Waals surface area contributed by atoms with Crippen LogP contribution in [0.4, 0.5) is 4.39 Å². The largest absolute Gasteiger partial charge is 0.207 e. The summed E-state index contributed by atoms with van der Waals surface area (Å²) in [4.78, 5) is 0. The van der Waals surface area contributed by atoms with Gasteiger partial charge in [0.25, 0.3) is 0 Å². The van der Waals surface area contributed by atoms with Crippen molar-refractivity contribution in [2.24, 2.45) is 23.7 Å². The van der Waals surface area contributed by atoms with Crippen molar-refractivity contribution in [2.75, 3.05) is 0 Å². The van der Waals surface area contributed by atoms with E-state index in [1.165, 1.54) is 115 Å². The van der Waals surface area contributed by atoms with E-state index in [-0.39, 0.29) is 5.82 Å². The van der Waals surface area contributed by atoms with Crippen molar-refractivity contribution in [3.05, 3.63) is 35.1 Å². The number of rotatable bonds is 8. The highest BCUT2D eigenvalue weighted by molar-refractivity contribution is 5.30. The average molecular weight is 441 g/mol. The first kappa shape index (κ1) is 24.3. The molecule has 3 aliphatic carbocycles. The number of hydrogen-bond donors (Lipinski definition) is 0. The fourth-order valence-corrected chi connectivity index (χ4v) is 7.57. The molecule has 1 heteroatoms. The van der Waals surface area contributed by atoms with E-state index in [9.17, 15) is 0 Å². The van der Waals surface area contributed by atoms with E-state index < -0.39 is 0 Å². The minimum Gasteiger partial charge on any atom is -0.207 e. The van der Waals surface area contributed by atoms with E-state index in [1.54, 1.807) is 0 Å². The molecule has 32 heavy (non-hydrogen) atoms. The van der Waals surface area contributed by atoms with Crippen molar-refractivity contribution < 1.29 is 4.39 Å². The van der Waals surface area contributed by atoms with Crippen molar-refractivity contribution in [2.45, 2.75) is 135 Å². The fourth-order valence-electron chi connectivity index (χ4n) is 7.57. The molecule has 0 aromatic heterocycles. The minimum absolute atomic E-state index is 0.0944. The van der Waals surface area contributed by atoms with Gasteiger partial charge in [0, 0.05) is 0 Å². The lowest BCUT2D eigenvalue weighted by Crippen LogP contribution is -2.25. The maximum absolute atomic E-state index is 15.2. The van der Waals surface area contributed by atoms with Crippen LogP contribution in [-0.4, -0.2) is 0 Å². The quantitative estimate of drug-likeness (QED) is 0.353. The first-order chi connectivity index (χ1) is 15.7. The summed E-state index contributed by atoms with van der Waals surface area (Å²) in [5.74, 6) is 4.97. The van der Waals surface area contributed by atoms with Gasteiger partial charge in [-0.15, -0.1) is 0 Å². The van der Waals surface area contributed by atoms with Crippen LogP contribution in [0.1, 0.15) is 146 Å². The van der Waals surface area contributed by atoms with Gasteiger partial charge >= 0.3 is 0 Å². The average Bonchev–Trinajstić information content (AvgIpc) is 2.85. The molecule has 0 unspecified atom stereocenters. The lowest BCUT2D eigenvalue weighted by Gasteiger charge is -2.38. The topological polar surface area (TPSA) is 0 Å². The molecule has 1 aromatic rings. The van der Waals surface area contributed by atoms with E-state index in [2.05, 4.69) is 26.0 Å². The molecule has 3 aliphatic rings. The lowest BCUT2D eigenvalue weighted by atomic mass is 9.68. The molecule has 0 amide bonds. The molecule has 180 valence electrons. The Morgan fingerprint density at radius 2 is 1.28 bits per heavy atom. The van der Waals surface area contributed by atoms with Crippen LogP contribution >= 0.6 is 0 Å². The van der Waals surface area contributed by atoms with Crippen LogP contribution in [0.5, 0.6) is 0 Å². The highest BCUT2D eigenvalue weighted by Gasteiger charge is 2.31. The standard InChI is InChI=1S/C31H49F/c1-3-5-6-7-24-10-14-28(15-11-24)30-21-20-29(22-31(30)32)27-18-16-26(17-19-27)25-12-8-23(4-2)9-13-25/h20-28H,3-19H2,1-2H3. The molecule has 0 radical (unpaired) electrons. The second kappa shape index (κ2) is 12.0. The molecule has 0 N–H and O–H groups in total. The Hall–Kier alpha value is -0.850. The van der Waals surface area contributed by atoms with E-state index in [4.69, 9.17) is 0 Å². The predicted octanol–water partition coefficient (Wildman–Crippen LogP) is 10.2. The van der Waals surface area contributed by atoms with Crippen LogP contribution in [0.3, 0.4) is 0 Å². The van der Waals surface area contributed by atoms with Crippen molar-refractivity contribution in [1.29, 1.82) is 0 Å². The second-order valence-corrected chi connectivity index (χ2v) is 11.8. The summed E-state index contributed by atoms with van der Waals surface area (Å²) in [6, 6.07) is 6.40. The molecule has 0 nitrogen and oxygen atoms in total. The summed E-state index contributed by atoms with van der Waals surface area (Å²) in [5, 5.41) is 0. The third-order valence-corrected chi connectivity index (χ3v) is 9.91. The van der Waals surface area contributed by atoms with E-state index in [0.717, 1.165) is 29.2 Å². The first-order valence-corrected chi connectivity index (χ1v) is 14.5. The molecule has 1 aromatic carbocycles. The summed E-state index contributed by atoms with van der Waals surface area (Å²) in [6.45, 7) is 4.65. The Bertz CT molecular complexity index is 670. The van der Waals surface area contributed by atoms with Crippen molar-refractivity contribution in [3.63, 3.8) is 0 Å². The Morgan fingerprint density at radius 3 is 1.88 bits per heavy atom. The molecule has 3 saturated carbocycles. The normalized spacial score (nSPS) is 33.8. The zero-order chi connectivity index (χ0) is 22.3. The first-order valence-electron chi connectivity index (χ1n) is 14.5. The van der Waals surface area contributed by atoms with Crippen LogP contribution < -0.4 is 0 Å². The summed E-state index contributed by atoms with van der Waals surface area (Å²) in [5.41, 5.74) is 2.30. The van der Waals surface area contributed by atoms with Gasteiger partial charge in [-0.25, -0.2) is 4.39 Å². The summed E-state index contributed by atoms with van der Waals surface area (Å²) in [6.07, 6.45) is 23.0. The predicted molar refractivity (Wildman–Crippen MR) is 136 cm³/mol. The van der Waals surface area contributed by atoms with Crippen LogP contribution in [0.2, 0.25) is 0 Å². The SMILES string of the molecule is CCCCCC1CCC(c2ccc(C3CCC(C4CCC(CC)CC4)CC3)cc2F)CC1. The number of hydrogen-bond acceptors (Lipinski definition) is 0. The molecule has 0 bridgehead atoms. The van der Waals surface area contributed by atoms with E-state index in [0.29, 0.717) is 11.8 Å². The van der Waals surface area contributed by atoms with Gasteiger partial charge in [0.2, 0.25) is 0 Å². The third kappa shape index (κ3) is 6.18. The van der Waals surface area contributed by atoms with Gasteiger partial charge in [-0.2, -0.15) is 0 Å². The Morgan fingerprint density at radius 1 is 0.688 bits per heavy atom. The zero-order valence-corrected chi connectivity index (χ0v) is 21.1. The highest BCUT2D eigenvalue weighted by atomic mass is 19.1. The molecule has 4 rings (SSSR count). The van der Waals surface area contributed by atoms with Crippen molar-refractivity contribution in [1.82, 2.24) is 0 Å². The smallest absolute Gasteiger partial charge is 0.126 e. The van der Waals surface area contributed by atoms with Crippen LogP contribution in [0, 0.1) is 29.5 Å². The summed E-state index contributed by atoms with van der Waals surface area (Å²) >= 11 is 0. The van der Waals surface area contributed by atoms with Crippen molar-refractivity contribution in [3.8, 4) is 0 Å². The van der Waals surface area contributed by atoms with Gasteiger partial charge in [-0.05, 0) is 117 Å². The van der Waals surface area contributed by atoms with Crippen molar-refractivity contribution >= 4 is 0 Å². The van der Waals surface area contributed by atoms with Gasteiger partial charge in [-0.1, -0.05) is 70.9 Å². The molecule has 0 heterocycles. The van der Waals surface area contributed by atoms with Gasteiger partial charge in [0.1, 0.15) is 5.82 Å². The summed E-state index contributed by atoms with van der Waals surface area (Å²) in [7, 11) is 0. The van der Waals surface area contributed by atoms with Crippen LogP contribution in [-0.2, 0) is 0 Å². The van der Waals surface area contributed by atoms with Gasteiger partial charge < -0.3 is 0 Å². The maximum Gasteiger partial charge on any atom is 0.126 e. The molecule has 0 saturated heterocycles. The lowest BCUT2D eigenvalue weighted by molar-refractivity contribution is 0.158. The number of benzene rings is 1. The Kier molecular flexibility index (Phi) is 9.13. The highest BCUT2D eigenvalue weighted by Crippen LogP contribution is 2.45. The molecular weight excluding hydrogens is 391 g/mol. The molecular formula is C31H49F. The second-order valence-electron chi connectivity index (χ2n) is 11.8. The van der Waals surface area contributed by atoms with Crippen LogP contribution in [0.15, 0.2) is 18.2 Å². The van der Waals surface area contributed by atoms with Gasteiger partial charge in [0.05, 0.1) is 0 Å². The third-order valence-electron chi connectivity index (χ3n) is 9.91. The Balaban J connectivity index is 1.25. The van der Waals surface area contributed by atoms with Gasteiger partial charge in [0.15, 0.2) is 0 Å².